The third-order valence-electron chi connectivity index (χ3n) is 7.09. The number of carbonyl (C=O) groups excluding carboxylic acids is 1. The van der Waals surface area contributed by atoms with Crippen LogP contribution in [0.4, 0.5) is 5.69 Å². The van der Waals surface area contributed by atoms with Crippen molar-refractivity contribution in [1.82, 2.24) is 9.55 Å². The van der Waals surface area contributed by atoms with Gasteiger partial charge in [-0.15, -0.1) is 11.8 Å². The number of nitrogens with zero attached hydrogens (tertiary/aromatic N) is 2. The lowest BCUT2D eigenvalue weighted by atomic mass is 9.75. The maximum absolute atomic E-state index is 13.0. The minimum absolute atomic E-state index is 0.0399. The Hall–Kier alpha value is -2.38. The summed E-state index contributed by atoms with van der Waals surface area (Å²) in [5, 5.41) is 4.44. The molecule has 6 rings (SSSR count). The average Bonchev–Trinajstić information content (AvgIpc) is 3.48. The van der Waals surface area contributed by atoms with E-state index in [0.717, 1.165) is 21.5 Å². The summed E-state index contributed by atoms with van der Waals surface area (Å²) in [6, 6.07) is 13.5. The lowest BCUT2D eigenvalue weighted by molar-refractivity contribution is -0.116. The summed E-state index contributed by atoms with van der Waals surface area (Å²) in [7, 11) is 0. The quantitative estimate of drug-likeness (QED) is 0.633. The highest BCUT2D eigenvalue weighted by molar-refractivity contribution is 8.00. The molecule has 2 bridgehead atoms. The second-order valence-corrected chi connectivity index (χ2v) is 11.0. The summed E-state index contributed by atoms with van der Waals surface area (Å²) >= 11 is 3.18. The van der Waals surface area contributed by atoms with Gasteiger partial charge in [-0.05, 0) is 60.8 Å². The SMILES string of the molecule is O=C(Cn1c2c(sc1=O)[C@@H](c1cccnc1)C1C3CCC(C3)C1S2)Nc1ccccc1. The summed E-state index contributed by atoms with van der Waals surface area (Å²) in [6.07, 6.45) is 7.66. The number of thiazole rings is 1. The summed E-state index contributed by atoms with van der Waals surface area (Å²) in [6.45, 7) is 0.0534. The van der Waals surface area contributed by atoms with Crippen LogP contribution in [0.2, 0.25) is 0 Å². The first-order valence-electron chi connectivity index (χ1n) is 10.8. The third kappa shape index (κ3) is 3.26. The number of aromatic nitrogens is 2. The predicted molar refractivity (Wildman–Crippen MR) is 124 cm³/mol. The zero-order valence-electron chi connectivity index (χ0n) is 16.9. The molecular formula is C24H23N3O2S2. The van der Waals surface area contributed by atoms with E-state index in [1.54, 1.807) is 4.57 Å². The van der Waals surface area contributed by atoms with Crippen molar-refractivity contribution in [1.29, 1.82) is 0 Å². The van der Waals surface area contributed by atoms with Crippen molar-refractivity contribution in [3.05, 3.63) is 75.0 Å². The van der Waals surface area contributed by atoms with E-state index in [0.29, 0.717) is 17.1 Å². The fraction of sp³-hybridized carbons (Fsp3) is 0.375. The highest BCUT2D eigenvalue weighted by atomic mass is 32.2. The van der Waals surface area contributed by atoms with Crippen LogP contribution in [-0.4, -0.2) is 20.7 Å². The molecule has 1 aromatic carbocycles. The van der Waals surface area contributed by atoms with Crippen LogP contribution in [0.3, 0.4) is 0 Å². The number of hydrogen-bond donors (Lipinski definition) is 1. The maximum atomic E-state index is 13.0. The lowest BCUT2D eigenvalue weighted by Crippen LogP contribution is -2.34. The van der Waals surface area contributed by atoms with Gasteiger partial charge in [0.25, 0.3) is 0 Å². The van der Waals surface area contributed by atoms with Gasteiger partial charge in [-0.25, -0.2) is 0 Å². The molecule has 5 nitrogen and oxygen atoms in total. The number of rotatable bonds is 4. The highest BCUT2D eigenvalue weighted by Crippen LogP contribution is 2.63. The van der Waals surface area contributed by atoms with Gasteiger partial charge < -0.3 is 5.32 Å². The molecule has 2 aromatic heterocycles. The summed E-state index contributed by atoms with van der Waals surface area (Å²) in [5.41, 5.74) is 1.95. The molecule has 3 aliphatic rings. The number of benzene rings is 1. The Balaban J connectivity index is 1.38. The Morgan fingerprint density at radius 1 is 1.13 bits per heavy atom. The molecule has 4 unspecified atom stereocenters. The van der Waals surface area contributed by atoms with Crippen LogP contribution in [0.25, 0.3) is 0 Å². The molecule has 5 atom stereocenters. The number of nitrogens with one attached hydrogen (secondary N) is 1. The predicted octanol–water partition coefficient (Wildman–Crippen LogP) is 4.60. The first-order chi connectivity index (χ1) is 15.2. The zero-order valence-corrected chi connectivity index (χ0v) is 18.6. The van der Waals surface area contributed by atoms with Gasteiger partial charge in [0, 0.05) is 34.1 Å². The van der Waals surface area contributed by atoms with Crippen molar-refractivity contribution in [2.24, 2.45) is 17.8 Å². The van der Waals surface area contributed by atoms with E-state index in [2.05, 4.69) is 16.4 Å². The van der Waals surface area contributed by atoms with Gasteiger partial charge in [-0.2, -0.15) is 0 Å². The van der Waals surface area contributed by atoms with Gasteiger partial charge in [0.2, 0.25) is 5.91 Å². The van der Waals surface area contributed by atoms with Crippen LogP contribution in [0.15, 0.2) is 64.7 Å². The van der Waals surface area contributed by atoms with Crippen molar-refractivity contribution in [3.63, 3.8) is 0 Å². The van der Waals surface area contributed by atoms with Crippen molar-refractivity contribution in [2.45, 2.75) is 42.0 Å². The van der Waals surface area contributed by atoms with Gasteiger partial charge in [-0.3, -0.25) is 19.1 Å². The van der Waals surface area contributed by atoms with Gasteiger partial charge in [0.1, 0.15) is 6.54 Å². The zero-order chi connectivity index (χ0) is 20.9. The van der Waals surface area contributed by atoms with Gasteiger partial charge >= 0.3 is 4.87 Å². The van der Waals surface area contributed by atoms with E-state index in [1.807, 2.05) is 60.6 Å². The Morgan fingerprint density at radius 3 is 2.77 bits per heavy atom. The molecule has 0 saturated heterocycles. The second-order valence-electron chi connectivity index (χ2n) is 8.79. The number of para-hydroxylation sites is 1. The third-order valence-corrected chi connectivity index (χ3v) is 9.92. The van der Waals surface area contributed by atoms with E-state index in [9.17, 15) is 9.59 Å². The van der Waals surface area contributed by atoms with Crippen LogP contribution in [-0.2, 0) is 11.3 Å². The Kier molecular flexibility index (Phi) is 4.76. The molecule has 3 heterocycles. The molecule has 31 heavy (non-hydrogen) atoms. The molecule has 2 fully saturated rings. The summed E-state index contributed by atoms with van der Waals surface area (Å²) < 4.78 is 1.70. The van der Waals surface area contributed by atoms with Gasteiger partial charge in [0.05, 0.1) is 5.03 Å². The van der Waals surface area contributed by atoms with Crippen LogP contribution in [0, 0.1) is 17.8 Å². The molecule has 2 saturated carbocycles. The molecule has 1 aliphatic heterocycles. The van der Waals surface area contributed by atoms with Crippen LogP contribution < -0.4 is 10.2 Å². The van der Waals surface area contributed by atoms with Crippen LogP contribution in [0.1, 0.15) is 35.6 Å². The number of amides is 1. The topological polar surface area (TPSA) is 64.0 Å². The molecule has 3 aromatic rings. The van der Waals surface area contributed by atoms with E-state index in [-0.39, 0.29) is 23.2 Å². The molecule has 1 amide bonds. The fourth-order valence-electron chi connectivity index (χ4n) is 5.89. The van der Waals surface area contributed by atoms with E-state index in [4.69, 9.17) is 0 Å². The van der Waals surface area contributed by atoms with Crippen molar-refractivity contribution in [2.75, 3.05) is 5.32 Å². The number of anilines is 1. The van der Waals surface area contributed by atoms with E-state index >= 15 is 0 Å². The minimum Gasteiger partial charge on any atom is -0.325 e. The number of thioether (sulfide) groups is 1. The summed E-state index contributed by atoms with van der Waals surface area (Å²) in [5.74, 6) is 2.05. The first kappa shape index (κ1) is 19.3. The monoisotopic (exact) mass is 449 g/mol. The largest absolute Gasteiger partial charge is 0.325 e. The van der Waals surface area contributed by atoms with E-state index < -0.39 is 0 Å². The fourth-order valence-corrected chi connectivity index (χ4v) is 9.04. The Bertz CT molecular complexity index is 1170. The summed E-state index contributed by atoms with van der Waals surface area (Å²) in [4.78, 5) is 31.3. The smallest absolute Gasteiger partial charge is 0.308 e. The highest BCUT2D eigenvalue weighted by Gasteiger charge is 2.55. The van der Waals surface area contributed by atoms with Crippen LogP contribution >= 0.6 is 23.1 Å². The molecular weight excluding hydrogens is 426 g/mol. The molecule has 0 spiro atoms. The first-order valence-corrected chi connectivity index (χ1v) is 12.5. The Labute approximate surface area is 188 Å². The number of carbonyl (C=O) groups is 1. The number of fused-ring (bicyclic) bond motifs is 6. The lowest BCUT2D eigenvalue weighted by Gasteiger charge is -2.40. The minimum atomic E-state index is -0.164. The molecule has 7 heteroatoms. The number of pyridine rings is 1. The number of hydrogen-bond acceptors (Lipinski definition) is 5. The van der Waals surface area contributed by atoms with Crippen molar-refractivity contribution in [3.8, 4) is 0 Å². The molecule has 1 N–H and O–H groups in total. The Morgan fingerprint density at radius 2 is 1.97 bits per heavy atom. The molecule has 158 valence electrons. The van der Waals surface area contributed by atoms with Crippen molar-refractivity contribution >= 4 is 34.7 Å². The van der Waals surface area contributed by atoms with Crippen molar-refractivity contribution < 1.29 is 4.79 Å². The van der Waals surface area contributed by atoms with Gasteiger partial charge in [0.15, 0.2) is 0 Å². The maximum Gasteiger partial charge on any atom is 0.308 e. The normalized spacial score (nSPS) is 28.2. The van der Waals surface area contributed by atoms with E-state index in [1.165, 1.54) is 36.2 Å². The van der Waals surface area contributed by atoms with Gasteiger partial charge in [-0.1, -0.05) is 35.6 Å². The second kappa shape index (κ2) is 7.64. The molecule has 0 radical (unpaired) electrons. The average molecular weight is 450 g/mol. The molecule has 2 aliphatic carbocycles. The van der Waals surface area contributed by atoms with Crippen LogP contribution in [0.5, 0.6) is 0 Å². The standard InChI is InChI=1S/C24H23N3O2S2/c28-18(26-17-6-2-1-3-7-17)13-27-23-22(31-24(27)29)20(16-5-4-10-25-12-16)19-14-8-9-15(11-14)21(19)30-23/h1-7,10,12,14-15,19-21H,8-9,11,13H2,(H,26,28)/t14?,15?,19?,20-,21?/m0/s1.